The molecule has 1 saturated carbocycles. The van der Waals surface area contributed by atoms with Crippen molar-refractivity contribution in [3.05, 3.63) is 38.9 Å². The summed E-state index contributed by atoms with van der Waals surface area (Å²) in [4.78, 5) is 25.7. The zero-order chi connectivity index (χ0) is 21.0. The number of hydrogen-bond acceptors (Lipinski definition) is 4. The Balaban J connectivity index is 1.85. The molecule has 1 saturated heterocycles. The number of fused-ring (bicyclic) bond motifs is 1. The van der Waals surface area contributed by atoms with E-state index >= 15 is 4.39 Å². The van der Waals surface area contributed by atoms with Gasteiger partial charge in [0, 0.05) is 31.2 Å². The van der Waals surface area contributed by atoms with Crippen molar-refractivity contribution in [2.75, 3.05) is 18.0 Å². The average Bonchev–Trinajstić information content (AvgIpc) is 3.39. The first-order valence-electron chi connectivity index (χ1n) is 9.58. The number of alkyl halides is 1. The molecule has 29 heavy (non-hydrogen) atoms. The first-order valence-corrected chi connectivity index (χ1v) is 9.95. The summed E-state index contributed by atoms with van der Waals surface area (Å²) in [5.41, 5.74) is -0.799. The van der Waals surface area contributed by atoms with Gasteiger partial charge in [-0.05, 0) is 32.3 Å². The van der Waals surface area contributed by atoms with Gasteiger partial charge in [0.05, 0.1) is 27.7 Å². The Morgan fingerprint density at radius 3 is 2.62 bits per heavy atom. The number of aromatic carboxylic acids is 1. The number of anilines is 1. The minimum absolute atomic E-state index is 0.00699. The highest BCUT2D eigenvalue weighted by Gasteiger charge is 2.35. The van der Waals surface area contributed by atoms with E-state index in [1.54, 1.807) is 9.47 Å². The third-order valence-electron chi connectivity index (χ3n) is 5.85. The highest BCUT2D eigenvalue weighted by molar-refractivity contribution is 6.38. The number of hydrogen-bond donors (Lipinski definition) is 2. The van der Waals surface area contributed by atoms with Crippen molar-refractivity contribution >= 4 is 34.2 Å². The summed E-state index contributed by atoms with van der Waals surface area (Å²) in [5, 5.41) is 19.3. The number of aromatic nitrogens is 1. The van der Waals surface area contributed by atoms with Crippen LogP contribution in [0.2, 0.25) is 5.02 Å². The summed E-state index contributed by atoms with van der Waals surface area (Å²) < 4.78 is 30.2. The highest BCUT2D eigenvalue weighted by atomic mass is 35.5. The third kappa shape index (κ3) is 3.38. The van der Waals surface area contributed by atoms with Crippen LogP contribution in [0.4, 0.5) is 14.5 Å². The van der Waals surface area contributed by atoms with Crippen LogP contribution in [0, 0.1) is 11.7 Å². The van der Waals surface area contributed by atoms with Gasteiger partial charge in [0.1, 0.15) is 17.6 Å². The van der Waals surface area contributed by atoms with E-state index in [2.05, 4.69) is 0 Å². The first-order chi connectivity index (χ1) is 13.7. The molecule has 2 N–H and O–H groups in total. The Hall–Kier alpha value is -2.19. The molecular formula is C20H21ClF2N2O4. The molecule has 1 aromatic heterocycles. The van der Waals surface area contributed by atoms with Crippen LogP contribution >= 0.6 is 11.6 Å². The Bertz CT molecular complexity index is 1050. The maximum Gasteiger partial charge on any atom is 0.341 e. The second kappa shape index (κ2) is 7.25. The number of rotatable bonds is 5. The van der Waals surface area contributed by atoms with Gasteiger partial charge in [-0.25, -0.2) is 13.6 Å². The maximum atomic E-state index is 15.0. The molecule has 0 amide bonds. The molecule has 1 aliphatic heterocycles. The summed E-state index contributed by atoms with van der Waals surface area (Å²) in [6.07, 6.45) is 0.839. The molecule has 0 bridgehead atoms. The topological polar surface area (TPSA) is 82.8 Å². The van der Waals surface area contributed by atoms with Crippen molar-refractivity contribution < 1.29 is 23.8 Å². The van der Waals surface area contributed by atoms with Gasteiger partial charge in [-0.3, -0.25) is 4.79 Å². The SMILES string of the molecule is CC(F)C(O)C1CCN(c2c(F)cc3c(=O)c(C(=O)O)cn(C4CC4)c3c2Cl)C1. The molecule has 0 radical (unpaired) electrons. The fourth-order valence-corrected chi connectivity index (χ4v) is 4.57. The summed E-state index contributed by atoms with van der Waals surface area (Å²) in [6.45, 7) is 1.90. The monoisotopic (exact) mass is 426 g/mol. The van der Waals surface area contributed by atoms with Gasteiger partial charge >= 0.3 is 5.97 Å². The lowest BCUT2D eigenvalue weighted by Gasteiger charge is -2.24. The molecule has 1 aliphatic carbocycles. The average molecular weight is 427 g/mol. The fraction of sp³-hybridized carbons (Fsp3) is 0.500. The molecule has 3 atom stereocenters. The Labute approximate surface area is 170 Å². The first kappa shape index (κ1) is 20.1. The zero-order valence-corrected chi connectivity index (χ0v) is 16.5. The number of aliphatic hydroxyl groups excluding tert-OH is 1. The van der Waals surface area contributed by atoms with E-state index in [4.69, 9.17) is 11.6 Å². The van der Waals surface area contributed by atoms with Crippen LogP contribution in [-0.2, 0) is 0 Å². The maximum absolute atomic E-state index is 15.0. The number of carboxylic acid groups (broad SMARTS) is 1. The molecule has 2 fully saturated rings. The molecule has 2 aromatic rings. The Morgan fingerprint density at radius 2 is 2.03 bits per heavy atom. The van der Waals surface area contributed by atoms with Gasteiger partial charge in [-0.15, -0.1) is 0 Å². The van der Waals surface area contributed by atoms with Gasteiger partial charge in [-0.2, -0.15) is 0 Å². The lowest BCUT2D eigenvalue weighted by atomic mass is 9.99. The van der Waals surface area contributed by atoms with Crippen LogP contribution in [0.25, 0.3) is 10.9 Å². The molecule has 3 unspecified atom stereocenters. The summed E-state index contributed by atoms with van der Waals surface area (Å²) in [6, 6.07) is 1.04. The normalized spacial score (nSPS) is 21.6. The summed E-state index contributed by atoms with van der Waals surface area (Å²) in [7, 11) is 0. The number of pyridine rings is 1. The van der Waals surface area contributed by atoms with Gasteiger partial charge in [0.15, 0.2) is 0 Å². The second-order valence-electron chi connectivity index (χ2n) is 7.90. The van der Waals surface area contributed by atoms with Crippen molar-refractivity contribution in [1.29, 1.82) is 0 Å². The number of nitrogens with zero attached hydrogens (tertiary/aromatic N) is 2. The predicted octanol–water partition coefficient (Wildman–Crippen LogP) is 3.37. The van der Waals surface area contributed by atoms with E-state index in [-0.39, 0.29) is 34.6 Å². The minimum atomic E-state index is -1.40. The molecule has 4 rings (SSSR count). The lowest BCUT2D eigenvalue weighted by molar-refractivity contribution is 0.0449. The molecule has 9 heteroatoms. The molecule has 2 aliphatic rings. The van der Waals surface area contributed by atoms with Gasteiger partial charge in [0.25, 0.3) is 0 Å². The smallest absolute Gasteiger partial charge is 0.341 e. The van der Waals surface area contributed by atoms with Crippen LogP contribution in [0.1, 0.15) is 42.6 Å². The van der Waals surface area contributed by atoms with Crippen LogP contribution in [0.5, 0.6) is 0 Å². The molecule has 0 spiro atoms. The Morgan fingerprint density at radius 1 is 1.34 bits per heavy atom. The standard InChI is InChI=1S/C20H21ClF2N2O4/c1-9(22)18(26)10-4-5-24(7-10)17-14(23)6-12-16(15(17)21)25(11-2-3-11)8-13(19(12)27)20(28)29/h6,8-11,18,26H,2-5,7H2,1H3,(H,28,29). The van der Waals surface area contributed by atoms with Crippen molar-refractivity contribution in [2.24, 2.45) is 5.92 Å². The molecule has 2 heterocycles. The van der Waals surface area contributed by atoms with Gasteiger partial charge < -0.3 is 19.7 Å². The van der Waals surface area contributed by atoms with Crippen molar-refractivity contribution in [1.82, 2.24) is 4.57 Å². The lowest BCUT2D eigenvalue weighted by Crippen LogP contribution is -2.31. The van der Waals surface area contributed by atoms with E-state index in [9.17, 15) is 24.2 Å². The molecule has 1 aromatic carbocycles. The van der Waals surface area contributed by atoms with Crippen molar-refractivity contribution in [3.63, 3.8) is 0 Å². The second-order valence-corrected chi connectivity index (χ2v) is 8.27. The minimum Gasteiger partial charge on any atom is -0.477 e. The number of benzene rings is 1. The number of carboxylic acids is 1. The number of carbonyl (C=O) groups is 1. The summed E-state index contributed by atoms with van der Waals surface area (Å²) >= 11 is 6.57. The highest BCUT2D eigenvalue weighted by Crippen LogP contribution is 2.43. The van der Waals surface area contributed by atoms with Crippen LogP contribution in [0.3, 0.4) is 0 Å². The van der Waals surface area contributed by atoms with Crippen LogP contribution in [0.15, 0.2) is 17.1 Å². The van der Waals surface area contributed by atoms with E-state index in [1.807, 2.05) is 0 Å². The quantitative estimate of drug-likeness (QED) is 0.766. The number of aliphatic hydroxyl groups is 1. The Kier molecular flexibility index (Phi) is 5.02. The predicted molar refractivity (Wildman–Crippen MR) is 105 cm³/mol. The molecule has 6 nitrogen and oxygen atoms in total. The molecule has 156 valence electrons. The van der Waals surface area contributed by atoms with E-state index in [1.165, 1.54) is 13.1 Å². The van der Waals surface area contributed by atoms with Crippen molar-refractivity contribution in [2.45, 2.75) is 44.5 Å². The number of halogens is 3. The van der Waals surface area contributed by atoms with Crippen LogP contribution < -0.4 is 10.3 Å². The van der Waals surface area contributed by atoms with Gasteiger partial charge in [0.2, 0.25) is 5.43 Å². The van der Waals surface area contributed by atoms with E-state index in [0.717, 1.165) is 18.9 Å². The zero-order valence-electron chi connectivity index (χ0n) is 15.7. The third-order valence-corrected chi connectivity index (χ3v) is 6.21. The van der Waals surface area contributed by atoms with E-state index < -0.39 is 35.1 Å². The molecular weight excluding hydrogens is 406 g/mol. The largest absolute Gasteiger partial charge is 0.477 e. The fourth-order valence-electron chi connectivity index (χ4n) is 4.16. The van der Waals surface area contributed by atoms with Gasteiger partial charge in [-0.1, -0.05) is 11.6 Å². The van der Waals surface area contributed by atoms with Crippen molar-refractivity contribution in [3.8, 4) is 0 Å². The van der Waals surface area contributed by atoms with E-state index in [0.29, 0.717) is 18.5 Å². The van der Waals surface area contributed by atoms with Crippen LogP contribution in [-0.4, -0.2) is 46.1 Å². The summed E-state index contributed by atoms with van der Waals surface area (Å²) in [5.74, 6) is -2.47.